The molecule has 1 heterocycles. The first-order chi connectivity index (χ1) is 11.3. The van der Waals surface area contributed by atoms with E-state index in [0.29, 0.717) is 19.7 Å². The van der Waals surface area contributed by atoms with Crippen LogP contribution in [0.1, 0.15) is 10.4 Å². The number of halogens is 3. The predicted octanol–water partition coefficient (Wildman–Crippen LogP) is 1.99. The van der Waals surface area contributed by atoms with Gasteiger partial charge in [0.15, 0.2) is 0 Å². The molecule has 0 radical (unpaired) electrons. The molecule has 0 aromatic heterocycles. The van der Waals surface area contributed by atoms with Gasteiger partial charge >= 0.3 is 5.97 Å². The van der Waals surface area contributed by atoms with Gasteiger partial charge in [-0.2, -0.15) is 0 Å². The highest BCUT2D eigenvalue weighted by Gasteiger charge is 2.28. The Hall–Kier alpha value is -1.41. The third-order valence-electron chi connectivity index (χ3n) is 3.59. The van der Waals surface area contributed by atoms with E-state index in [0.717, 1.165) is 6.07 Å². The van der Waals surface area contributed by atoms with Crippen LogP contribution in [-0.2, 0) is 9.53 Å². The zero-order chi connectivity index (χ0) is 17.9. The molecular weight excluding hydrogens is 362 g/mol. The number of benzene rings is 1. The van der Waals surface area contributed by atoms with Gasteiger partial charge in [0.2, 0.25) is 0 Å². The largest absolute Gasteiger partial charge is 0.480 e. The Labute approximate surface area is 148 Å². The van der Waals surface area contributed by atoms with Crippen LogP contribution in [0.25, 0.3) is 0 Å². The average Bonchev–Trinajstić information content (AvgIpc) is 2.49. The van der Waals surface area contributed by atoms with Crippen LogP contribution in [-0.4, -0.2) is 72.7 Å². The molecule has 0 aliphatic carbocycles. The van der Waals surface area contributed by atoms with Crippen molar-refractivity contribution in [1.82, 2.24) is 9.80 Å². The SMILES string of the molecule is CN(CC(=O)O)CC1CN(C(=O)c2cc(F)c(Cl)cc2Cl)CCO1. The van der Waals surface area contributed by atoms with Gasteiger partial charge in [0, 0.05) is 19.6 Å². The molecule has 6 nitrogen and oxygen atoms in total. The van der Waals surface area contributed by atoms with Crippen molar-refractivity contribution in [1.29, 1.82) is 0 Å². The number of carboxylic acids is 1. The van der Waals surface area contributed by atoms with Gasteiger partial charge in [-0.15, -0.1) is 0 Å². The maximum atomic E-state index is 13.6. The average molecular weight is 379 g/mol. The van der Waals surface area contributed by atoms with Crippen molar-refractivity contribution in [3.63, 3.8) is 0 Å². The van der Waals surface area contributed by atoms with E-state index in [1.807, 2.05) is 0 Å². The van der Waals surface area contributed by atoms with Crippen LogP contribution in [0.4, 0.5) is 4.39 Å². The fourth-order valence-corrected chi connectivity index (χ4v) is 2.98. The standard InChI is InChI=1S/C15H17Cl2FN2O4/c1-19(8-14(21)22)6-9-7-20(2-3-24-9)15(23)10-4-13(18)12(17)5-11(10)16/h4-5,9H,2-3,6-8H2,1H3,(H,21,22). The molecule has 9 heteroatoms. The fourth-order valence-electron chi connectivity index (χ4n) is 2.51. The lowest BCUT2D eigenvalue weighted by Crippen LogP contribution is -2.49. The number of amides is 1. The summed E-state index contributed by atoms with van der Waals surface area (Å²) >= 11 is 11.6. The van der Waals surface area contributed by atoms with Crippen LogP contribution in [0.3, 0.4) is 0 Å². The van der Waals surface area contributed by atoms with E-state index in [1.165, 1.54) is 11.0 Å². The maximum Gasteiger partial charge on any atom is 0.317 e. The fraction of sp³-hybridized carbons (Fsp3) is 0.467. The van der Waals surface area contributed by atoms with Crippen LogP contribution in [0.5, 0.6) is 0 Å². The van der Waals surface area contributed by atoms with Gasteiger partial charge in [0.1, 0.15) is 5.82 Å². The number of rotatable bonds is 5. The lowest BCUT2D eigenvalue weighted by molar-refractivity contribution is -0.138. The molecule has 1 saturated heterocycles. The lowest BCUT2D eigenvalue weighted by atomic mass is 10.1. The molecule has 1 N–H and O–H groups in total. The summed E-state index contributed by atoms with van der Waals surface area (Å²) in [6.45, 7) is 1.16. The zero-order valence-electron chi connectivity index (χ0n) is 13.0. The first-order valence-electron chi connectivity index (χ1n) is 7.23. The molecule has 132 valence electrons. The lowest BCUT2D eigenvalue weighted by Gasteiger charge is -2.34. The molecule has 1 atom stereocenters. The van der Waals surface area contributed by atoms with E-state index >= 15 is 0 Å². The Balaban J connectivity index is 2.05. The molecule has 0 bridgehead atoms. The number of morpholine rings is 1. The minimum Gasteiger partial charge on any atom is -0.480 e. The van der Waals surface area contributed by atoms with Crippen LogP contribution >= 0.6 is 23.2 Å². The predicted molar refractivity (Wildman–Crippen MR) is 87.2 cm³/mol. The third kappa shape index (κ3) is 4.80. The number of hydrogen-bond acceptors (Lipinski definition) is 4. The summed E-state index contributed by atoms with van der Waals surface area (Å²) in [5.41, 5.74) is 0.0399. The van der Waals surface area contributed by atoms with Gasteiger partial charge in [0.05, 0.1) is 34.9 Å². The third-order valence-corrected chi connectivity index (χ3v) is 4.19. The van der Waals surface area contributed by atoms with E-state index in [1.54, 1.807) is 11.9 Å². The summed E-state index contributed by atoms with van der Waals surface area (Å²) in [5, 5.41) is 8.71. The smallest absolute Gasteiger partial charge is 0.317 e. The van der Waals surface area contributed by atoms with Crippen molar-refractivity contribution in [3.8, 4) is 0 Å². The van der Waals surface area contributed by atoms with E-state index in [2.05, 4.69) is 0 Å². The summed E-state index contributed by atoms with van der Waals surface area (Å²) < 4.78 is 19.2. The zero-order valence-corrected chi connectivity index (χ0v) is 14.5. The monoisotopic (exact) mass is 378 g/mol. The van der Waals surface area contributed by atoms with Crippen LogP contribution in [0.15, 0.2) is 12.1 Å². The number of hydrogen-bond donors (Lipinski definition) is 1. The van der Waals surface area contributed by atoms with Crippen LogP contribution in [0, 0.1) is 5.82 Å². The second-order valence-corrected chi connectivity index (χ2v) is 6.40. The number of carbonyl (C=O) groups excluding carboxylic acids is 1. The highest BCUT2D eigenvalue weighted by atomic mass is 35.5. The van der Waals surface area contributed by atoms with E-state index in [-0.39, 0.29) is 34.8 Å². The Morgan fingerprint density at radius 1 is 1.42 bits per heavy atom. The van der Waals surface area contributed by atoms with E-state index in [4.69, 9.17) is 33.0 Å². The molecule has 0 saturated carbocycles. The topological polar surface area (TPSA) is 70.1 Å². The van der Waals surface area contributed by atoms with Crippen molar-refractivity contribution < 1.29 is 23.8 Å². The Bertz CT molecular complexity index is 644. The minimum absolute atomic E-state index is 0.0399. The first kappa shape index (κ1) is 18.9. The minimum atomic E-state index is -0.940. The van der Waals surface area contributed by atoms with Gasteiger partial charge < -0.3 is 14.7 Å². The van der Waals surface area contributed by atoms with Crippen molar-refractivity contribution in [2.45, 2.75) is 6.10 Å². The second-order valence-electron chi connectivity index (χ2n) is 5.58. The molecule has 1 aliphatic rings. The van der Waals surface area contributed by atoms with Crippen LogP contribution in [0.2, 0.25) is 10.0 Å². The first-order valence-corrected chi connectivity index (χ1v) is 7.99. The summed E-state index contributed by atoms with van der Waals surface area (Å²) in [4.78, 5) is 26.4. The van der Waals surface area contributed by atoms with Crippen molar-refractivity contribution in [2.24, 2.45) is 0 Å². The quantitative estimate of drug-likeness (QED) is 0.793. The summed E-state index contributed by atoms with van der Waals surface area (Å²) in [5.74, 6) is -2.06. The van der Waals surface area contributed by atoms with E-state index in [9.17, 15) is 14.0 Å². The second kappa shape index (κ2) is 8.11. The number of carbonyl (C=O) groups is 2. The van der Waals surface area contributed by atoms with Gasteiger partial charge in [-0.05, 0) is 19.2 Å². The Kier molecular flexibility index (Phi) is 6.40. The number of ether oxygens (including phenoxy) is 1. The van der Waals surface area contributed by atoms with Gasteiger partial charge in [0.25, 0.3) is 5.91 Å². The molecular formula is C15H17Cl2FN2O4. The number of carboxylic acid groups (broad SMARTS) is 1. The highest BCUT2D eigenvalue weighted by Crippen LogP contribution is 2.26. The molecule has 2 rings (SSSR count). The number of aliphatic carboxylic acids is 1. The summed E-state index contributed by atoms with van der Waals surface area (Å²) in [6.07, 6.45) is -0.331. The highest BCUT2D eigenvalue weighted by molar-refractivity contribution is 6.36. The molecule has 1 unspecified atom stereocenters. The van der Waals surface area contributed by atoms with Crippen molar-refractivity contribution in [3.05, 3.63) is 33.6 Å². The van der Waals surface area contributed by atoms with E-state index < -0.39 is 17.7 Å². The molecule has 24 heavy (non-hydrogen) atoms. The van der Waals surface area contributed by atoms with Gasteiger partial charge in [-0.25, -0.2) is 4.39 Å². The summed E-state index contributed by atoms with van der Waals surface area (Å²) in [6, 6.07) is 2.22. The van der Waals surface area contributed by atoms with Gasteiger partial charge in [-0.3, -0.25) is 14.5 Å². The molecule has 1 aromatic rings. The molecule has 1 aromatic carbocycles. The number of nitrogens with zero attached hydrogens (tertiary/aromatic N) is 2. The van der Waals surface area contributed by atoms with Crippen molar-refractivity contribution >= 4 is 35.1 Å². The Morgan fingerprint density at radius 2 is 2.12 bits per heavy atom. The number of likely N-dealkylation sites (N-methyl/N-ethyl adjacent to an activating group) is 1. The van der Waals surface area contributed by atoms with Crippen LogP contribution < -0.4 is 0 Å². The molecule has 1 amide bonds. The van der Waals surface area contributed by atoms with Gasteiger partial charge in [-0.1, -0.05) is 23.2 Å². The molecule has 0 spiro atoms. The van der Waals surface area contributed by atoms with Crippen molar-refractivity contribution in [2.75, 3.05) is 39.8 Å². The molecule has 1 aliphatic heterocycles. The summed E-state index contributed by atoms with van der Waals surface area (Å²) in [7, 11) is 1.66. The normalized spacial score (nSPS) is 18.0. The maximum absolute atomic E-state index is 13.6. The Morgan fingerprint density at radius 3 is 2.79 bits per heavy atom. The molecule has 1 fully saturated rings.